The summed E-state index contributed by atoms with van der Waals surface area (Å²) in [6.07, 6.45) is 0. The Kier molecular flexibility index (Phi) is 6.87. The van der Waals surface area contributed by atoms with Gasteiger partial charge in [-0.05, 0) is 29.8 Å². The first kappa shape index (κ1) is 20.7. The van der Waals surface area contributed by atoms with Gasteiger partial charge in [0.1, 0.15) is 5.75 Å². The Morgan fingerprint density at radius 3 is 2.07 bits per heavy atom. The first-order chi connectivity index (χ1) is 14.7. The number of methoxy groups -OCH3 is 1. The van der Waals surface area contributed by atoms with Crippen LogP contribution in [0, 0.1) is 0 Å². The maximum Gasteiger partial charge on any atom is 0.236 e. The topological polar surface area (TPSA) is 39.3 Å². The fourth-order valence-corrected chi connectivity index (χ4v) is 4.24. The number of anilines is 1. The van der Waals surface area contributed by atoms with E-state index in [2.05, 4.69) is 51.1 Å². The van der Waals surface area contributed by atoms with E-state index in [4.69, 9.17) is 4.74 Å². The van der Waals surface area contributed by atoms with E-state index in [-0.39, 0.29) is 5.91 Å². The summed E-state index contributed by atoms with van der Waals surface area (Å²) in [5.41, 5.74) is 2.55. The van der Waals surface area contributed by atoms with Crippen molar-refractivity contribution in [2.75, 3.05) is 70.9 Å². The second kappa shape index (κ2) is 9.96. The van der Waals surface area contributed by atoms with E-state index in [1.807, 2.05) is 23.1 Å². The zero-order valence-electron chi connectivity index (χ0n) is 17.9. The molecule has 0 spiro atoms. The van der Waals surface area contributed by atoms with Crippen molar-refractivity contribution in [2.24, 2.45) is 0 Å². The quantitative estimate of drug-likeness (QED) is 0.733. The predicted molar refractivity (Wildman–Crippen MR) is 120 cm³/mol. The molecule has 160 valence electrons. The Morgan fingerprint density at radius 1 is 0.800 bits per heavy atom. The lowest BCUT2D eigenvalue weighted by molar-refractivity contribution is -0.133. The Balaban J connectivity index is 1.18. The highest BCUT2D eigenvalue weighted by Gasteiger charge is 2.24. The van der Waals surface area contributed by atoms with Crippen molar-refractivity contribution >= 4 is 11.6 Å². The van der Waals surface area contributed by atoms with Crippen molar-refractivity contribution < 1.29 is 9.53 Å². The minimum Gasteiger partial charge on any atom is -0.497 e. The highest BCUT2D eigenvalue weighted by atomic mass is 16.5. The van der Waals surface area contributed by atoms with Gasteiger partial charge in [0.25, 0.3) is 0 Å². The Labute approximate surface area is 179 Å². The Bertz CT molecular complexity index is 796. The highest BCUT2D eigenvalue weighted by Crippen LogP contribution is 2.16. The molecule has 0 aromatic heterocycles. The van der Waals surface area contributed by atoms with E-state index in [1.54, 1.807) is 7.11 Å². The summed E-state index contributed by atoms with van der Waals surface area (Å²) in [5.74, 6) is 1.16. The number of hydrogen-bond donors (Lipinski definition) is 0. The summed E-state index contributed by atoms with van der Waals surface area (Å²) >= 11 is 0. The number of rotatable bonds is 6. The average Bonchev–Trinajstić information content (AvgIpc) is 2.81. The predicted octanol–water partition coefficient (Wildman–Crippen LogP) is 2.16. The van der Waals surface area contributed by atoms with Crippen LogP contribution in [-0.2, 0) is 11.3 Å². The maximum absolute atomic E-state index is 12.8. The minimum absolute atomic E-state index is 0.270. The van der Waals surface area contributed by atoms with Gasteiger partial charge in [-0.3, -0.25) is 14.6 Å². The van der Waals surface area contributed by atoms with E-state index >= 15 is 0 Å². The van der Waals surface area contributed by atoms with Crippen LogP contribution in [0.4, 0.5) is 5.69 Å². The maximum atomic E-state index is 12.8. The zero-order valence-corrected chi connectivity index (χ0v) is 17.9. The number of carbonyl (C=O) groups is 1. The molecule has 2 saturated heterocycles. The summed E-state index contributed by atoms with van der Waals surface area (Å²) in [6.45, 7) is 8.84. The van der Waals surface area contributed by atoms with E-state index in [9.17, 15) is 4.79 Å². The van der Waals surface area contributed by atoms with Gasteiger partial charge in [-0.25, -0.2) is 0 Å². The first-order valence-electron chi connectivity index (χ1n) is 10.9. The molecule has 0 N–H and O–H groups in total. The second-order valence-corrected chi connectivity index (χ2v) is 8.10. The fraction of sp³-hybridized carbons (Fsp3) is 0.458. The number of nitrogens with zero attached hydrogens (tertiary/aromatic N) is 4. The third-order valence-corrected chi connectivity index (χ3v) is 6.14. The van der Waals surface area contributed by atoms with Gasteiger partial charge in [-0.2, -0.15) is 0 Å². The first-order valence-corrected chi connectivity index (χ1v) is 10.9. The number of ether oxygens (including phenoxy) is 1. The number of hydrogen-bond acceptors (Lipinski definition) is 5. The van der Waals surface area contributed by atoms with E-state index in [1.165, 1.54) is 11.3 Å². The van der Waals surface area contributed by atoms with Crippen LogP contribution in [0.25, 0.3) is 0 Å². The molecule has 0 unspecified atom stereocenters. The largest absolute Gasteiger partial charge is 0.497 e. The summed E-state index contributed by atoms with van der Waals surface area (Å²) in [6, 6.07) is 18.8. The van der Waals surface area contributed by atoms with E-state index < -0.39 is 0 Å². The monoisotopic (exact) mass is 408 g/mol. The third-order valence-electron chi connectivity index (χ3n) is 6.14. The van der Waals surface area contributed by atoms with Crippen LogP contribution in [-0.4, -0.2) is 86.6 Å². The molecule has 2 aliphatic rings. The molecule has 2 fully saturated rings. The van der Waals surface area contributed by atoms with Crippen LogP contribution < -0.4 is 9.64 Å². The lowest BCUT2D eigenvalue weighted by atomic mass is 10.2. The summed E-state index contributed by atoms with van der Waals surface area (Å²) < 4.78 is 5.23. The summed E-state index contributed by atoms with van der Waals surface area (Å²) in [4.78, 5) is 21.9. The molecule has 0 aliphatic carbocycles. The van der Waals surface area contributed by atoms with Crippen molar-refractivity contribution in [1.82, 2.24) is 14.7 Å². The van der Waals surface area contributed by atoms with Gasteiger partial charge in [-0.15, -0.1) is 0 Å². The van der Waals surface area contributed by atoms with Crippen LogP contribution in [0.1, 0.15) is 5.56 Å². The number of piperazine rings is 2. The van der Waals surface area contributed by atoms with Gasteiger partial charge < -0.3 is 14.5 Å². The van der Waals surface area contributed by atoms with Crippen molar-refractivity contribution in [2.45, 2.75) is 6.54 Å². The smallest absolute Gasteiger partial charge is 0.236 e. The lowest BCUT2D eigenvalue weighted by Crippen LogP contribution is -2.53. The molecule has 6 heteroatoms. The highest BCUT2D eigenvalue weighted by molar-refractivity contribution is 5.78. The standard InChI is InChI=1S/C24H32N4O2/c1-30-23-9-7-21(8-10-23)19-25-11-13-26(14-12-25)20-24(29)28-17-15-27(16-18-28)22-5-3-2-4-6-22/h2-10H,11-20H2,1H3. The molecule has 6 nitrogen and oxygen atoms in total. The van der Waals surface area contributed by atoms with Crippen molar-refractivity contribution in [3.8, 4) is 5.75 Å². The van der Waals surface area contributed by atoms with E-state index in [0.717, 1.165) is 64.7 Å². The number of benzene rings is 2. The van der Waals surface area contributed by atoms with E-state index in [0.29, 0.717) is 6.54 Å². The van der Waals surface area contributed by atoms with Crippen molar-refractivity contribution in [3.63, 3.8) is 0 Å². The van der Waals surface area contributed by atoms with Crippen LogP contribution in [0.15, 0.2) is 54.6 Å². The lowest BCUT2D eigenvalue weighted by Gasteiger charge is -2.38. The summed E-state index contributed by atoms with van der Waals surface area (Å²) in [5, 5.41) is 0. The molecule has 0 saturated carbocycles. The van der Waals surface area contributed by atoms with Crippen LogP contribution in [0.3, 0.4) is 0 Å². The van der Waals surface area contributed by atoms with Crippen molar-refractivity contribution in [1.29, 1.82) is 0 Å². The molecule has 0 bridgehead atoms. The Morgan fingerprint density at radius 2 is 1.43 bits per heavy atom. The number of carbonyl (C=O) groups excluding carboxylic acids is 1. The zero-order chi connectivity index (χ0) is 20.8. The molecule has 2 aliphatic heterocycles. The molecule has 2 aromatic rings. The SMILES string of the molecule is COc1ccc(CN2CCN(CC(=O)N3CCN(c4ccccc4)CC3)CC2)cc1. The molecule has 0 radical (unpaired) electrons. The molecule has 0 atom stereocenters. The Hall–Kier alpha value is -2.57. The van der Waals surface area contributed by atoms with Crippen molar-refractivity contribution in [3.05, 3.63) is 60.2 Å². The summed E-state index contributed by atoms with van der Waals surface area (Å²) in [7, 11) is 1.69. The van der Waals surface area contributed by atoms with Gasteiger partial charge >= 0.3 is 0 Å². The molecule has 2 heterocycles. The molecule has 2 aromatic carbocycles. The van der Waals surface area contributed by atoms with Gasteiger partial charge in [0.2, 0.25) is 5.91 Å². The van der Waals surface area contributed by atoms with Gasteiger partial charge in [-0.1, -0.05) is 30.3 Å². The molecule has 30 heavy (non-hydrogen) atoms. The van der Waals surface area contributed by atoms with Crippen LogP contribution in [0.5, 0.6) is 5.75 Å². The van der Waals surface area contributed by atoms with Crippen LogP contribution in [0.2, 0.25) is 0 Å². The van der Waals surface area contributed by atoms with Gasteiger partial charge in [0.15, 0.2) is 0 Å². The molecular weight excluding hydrogens is 376 g/mol. The number of para-hydroxylation sites is 1. The normalized spacial score (nSPS) is 18.4. The number of amides is 1. The molecule has 1 amide bonds. The van der Waals surface area contributed by atoms with Gasteiger partial charge in [0.05, 0.1) is 13.7 Å². The molecule has 4 rings (SSSR count). The molecular formula is C24H32N4O2. The third kappa shape index (κ3) is 5.32. The minimum atomic E-state index is 0.270. The average molecular weight is 409 g/mol. The van der Waals surface area contributed by atoms with Gasteiger partial charge in [0, 0.05) is 64.6 Å². The second-order valence-electron chi connectivity index (χ2n) is 8.10. The fourth-order valence-electron chi connectivity index (χ4n) is 4.24. The van der Waals surface area contributed by atoms with Crippen LogP contribution >= 0.6 is 0 Å².